The third kappa shape index (κ3) is 36.6. The van der Waals surface area contributed by atoms with Crippen LogP contribution in [0.15, 0.2) is 61.2 Å². The first-order valence-corrected chi connectivity index (χ1v) is 21.8. The lowest BCUT2D eigenvalue weighted by Crippen LogP contribution is -2.23. The van der Waals surface area contributed by atoms with Gasteiger partial charge < -0.3 is 28.7 Å². The van der Waals surface area contributed by atoms with Gasteiger partial charge in [0.2, 0.25) is 6.29 Å². The van der Waals surface area contributed by atoms with Gasteiger partial charge in [0.1, 0.15) is 12.4 Å². The molecule has 0 N–H and O–H groups in total. The van der Waals surface area contributed by atoms with Gasteiger partial charge in [0, 0.05) is 48.7 Å². The van der Waals surface area contributed by atoms with Crippen LogP contribution < -0.4 is 4.74 Å². The highest BCUT2D eigenvalue weighted by molar-refractivity contribution is 5.96. The lowest BCUT2D eigenvalue weighted by molar-refractivity contribution is -0.158. The van der Waals surface area contributed by atoms with E-state index in [9.17, 15) is 19.2 Å². The number of unbranched alkanes of at least 4 members (excludes halogenated alkanes) is 15. The summed E-state index contributed by atoms with van der Waals surface area (Å²) in [5, 5.41) is 0. The highest BCUT2D eigenvalue weighted by Crippen LogP contribution is 2.19. The molecular weight excluding hydrogens is 733 g/mol. The predicted octanol–water partition coefficient (Wildman–Crippen LogP) is 11.1. The molecule has 1 aromatic rings. The number of ether oxygens (including phenoxy) is 4. The number of benzene rings is 1. The molecule has 0 aliphatic carbocycles. The Bertz CT molecular complexity index is 1260. The summed E-state index contributed by atoms with van der Waals surface area (Å²) < 4.78 is 21.1. The minimum atomic E-state index is -0.648. The molecule has 10 heteroatoms. The number of hydrogen-bond acceptors (Lipinski definition) is 10. The summed E-state index contributed by atoms with van der Waals surface area (Å²) in [5.74, 6) is -0.377. The molecule has 0 radical (unpaired) electrons. The molecule has 332 valence electrons. The maximum Gasteiger partial charge on any atom is 0.333 e. The fourth-order valence-electron chi connectivity index (χ4n) is 5.25. The summed E-state index contributed by atoms with van der Waals surface area (Å²) in [6.45, 7) is 20.7. The first kappa shape index (κ1) is 56.3. The van der Waals surface area contributed by atoms with Crippen LogP contribution in [0.4, 0.5) is 0 Å². The molecule has 0 heterocycles. The molecule has 0 aliphatic heterocycles. The second-order valence-corrected chi connectivity index (χ2v) is 15.4. The fourth-order valence-corrected chi connectivity index (χ4v) is 5.25. The van der Waals surface area contributed by atoms with E-state index in [1.807, 2.05) is 38.0 Å². The number of esters is 3. The van der Waals surface area contributed by atoms with Gasteiger partial charge in [-0.3, -0.25) is 4.79 Å². The maximum atomic E-state index is 12.2. The number of hydrogen-bond donors (Lipinski definition) is 0. The van der Waals surface area contributed by atoms with E-state index >= 15 is 0 Å². The fraction of sp³-hybridized carbons (Fsp3) is 0.667. The van der Waals surface area contributed by atoms with Crippen molar-refractivity contribution >= 4 is 23.7 Å². The second kappa shape index (κ2) is 38.7. The number of ketones is 1. The third-order valence-electron chi connectivity index (χ3n) is 8.89. The van der Waals surface area contributed by atoms with Crippen LogP contribution >= 0.6 is 0 Å². The molecule has 0 amide bonds. The van der Waals surface area contributed by atoms with E-state index in [-0.39, 0.29) is 17.7 Å². The molecule has 1 unspecified atom stereocenters. The topological polar surface area (TPSA) is 112 Å². The van der Waals surface area contributed by atoms with Crippen LogP contribution in [0.3, 0.4) is 0 Å². The molecule has 10 nitrogen and oxygen atoms in total. The smallest absolute Gasteiger partial charge is 0.333 e. The standard InChI is InChI=1S/C26H41NO4.C14H26O2.C8H15NO2/c1-5-7-8-9-10-11-12-13-14-15-26(31-25(29)6-2)30-23-18-16-22(17-19-23)24(28)20-21-27(3)4;1-4-5-6-7-8-9-10-11-12-16-14(15)13(2)3;1-7(2)8(10)11-6-5-9(3)4/h6,16-19,26H,2,5,7-15,20-21H2,1,3-4H3;2,4-12H2,1,3H3;1,5-6H2,2-4H3. The van der Waals surface area contributed by atoms with Crippen LogP contribution in [0.2, 0.25) is 0 Å². The van der Waals surface area contributed by atoms with E-state index in [1.165, 1.54) is 83.5 Å². The zero-order valence-corrected chi connectivity index (χ0v) is 38.0. The molecule has 1 rings (SSSR count). The number of carbonyl (C=O) groups excluding carboxylic acids is 4. The number of nitrogens with zero attached hydrogens (tertiary/aromatic N) is 2. The van der Waals surface area contributed by atoms with Gasteiger partial charge in [-0.2, -0.15) is 0 Å². The van der Waals surface area contributed by atoms with Crippen molar-refractivity contribution in [3.63, 3.8) is 0 Å². The van der Waals surface area contributed by atoms with Crippen LogP contribution in [-0.4, -0.2) is 94.3 Å². The Morgan fingerprint density at radius 1 is 0.621 bits per heavy atom. The number of carbonyl (C=O) groups is 4. The molecule has 0 saturated heterocycles. The Kier molecular flexibility index (Phi) is 37.6. The van der Waals surface area contributed by atoms with Crippen molar-refractivity contribution in [1.29, 1.82) is 0 Å². The molecule has 0 fully saturated rings. The van der Waals surface area contributed by atoms with Crippen molar-refractivity contribution in [3.05, 3.63) is 66.8 Å². The Labute approximate surface area is 353 Å². The van der Waals surface area contributed by atoms with Gasteiger partial charge in [-0.25, -0.2) is 14.4 Å². The lowest BCUT2D eigenvalue weighted by Gasteiger charge is -2.19. The molecular formula is C48H82N2O8. The Morgan fingerprint density at radius 2 is 1.05 bits per heavy atom. The predicted molar refractivity (Wildman–Crippen MR) is 239 cm³/mol. The Hall–Kier alpha value is -3.76. The van der Waals surface area contributed by atoms with E-state index < -0.39 is 12.3 Å². The van der Waals surface area contributed by atoms with Crippen molar-refractivity contribution in [3.8, 4) is 5.75 Å². The number of Topliss-reactive ketones (excluding diaryl/α,β-unsaturated/α-hetero) is 1. The SMILES string of the molecule is C=C(C)C(=O)OCCCCCCCCCC.C=C(C)C(=O)OCCN(C)C.C=CC(=O)OC(CCCCCCCCCCC)Oc1ccc(C(=O)CCN(C)C)cc1. The molecule has 0 saturated carbocycles. The van der Waals surface area contributed by atoms with Crippen molar-refractivity contribution in [2.75, 3.05) is 54.5 Å². The summed E-state index contributed by atoms with van der Waals surface area (Å²) in [7, 11) is 7.74. The summed E-state index contributed by atoms with van der Waals surface area (Å²) in [4.78, 5) is 49.6. The summed E-state index contributed by atoms with van der Waals surface area (Å²) >= 11 is 0. The molecule has 1 aromatic carbocycles. The lowest BCUT2D eigenvalue weighted by atomic mass is 10.1. The molecule has 0 aromatic heterocycles. The average Bonchev–Trinajstić information content (AvgIpc) is 3.18. The Balaban J connectivity index is 0. The van der Waals surface area contributed by atoms with E-state index in [0.717, 1.165) is 44.8 Å². The van der Waals surface area contributed by atoms with Gasteiger partial charge in [0.25, 0.3) is 0 Å². The molecule has 0 bridgehead atoms. The van der Waals surface area contributed by atoms with Gasteiger partial charge in [-0.1, -0.05) is 130 Å². The van der Waals surface area contributed by atoms with E-state index in [0.29, 0.717) is 48.5 Å². The van der Waals surface area contributed by atoms with Crippen molar-refractivity contribution < 1.29 is 38.1 Å². The molecule has 1 atom stereocenters. The zero-order chi connectivity index (χ0) is 44.0. The summed E-state index contributed by atoms with van der Waals surface area (Å²) in [6.07, 6.45) is 22.7. The number of rotatable bonds is 32. The largest absolute Gasteiger partial charge is 0.462 e. The van der Waals surface area contributed by atoms with Crippen molar-refractivity contribution in [1.82, 2.24) is 9.80 Å². The van der Waals surface area contributed by atoms with Gasteiger partial charge in [-0.15, -0.1) is 0 Å². The van der Waals surface area contributed by atoms with Crippen LogP contribution in [0.5, 0.6) is 5.75 Å². The van der Waals surface area contributed by atoms with Gasteiger partial charge in [0.05, 0.1) is 6.61 Å². The van der Waals surface area contributed by atoms with Gasteiger partial charge in [0.15, 0.2) is 5.78 Å². The van der Waals surface area contributed by atoms with Crippen LogP contribution in [0, 0.1) is 0 Å². The average molecular weight is 815 g/mol. The highest BCUT2D eigenvalue weighted by atomic mass is 16.7. The second-order valence-electron chi connectivity index (χ2n) is 15.4. The van der Waals surface area contributed by atoms with E-state index in [1.54, 1.807) is 38.1 Å². The third-order valence-corrected chi connectivity index (χ3v) is 8.89. The molecule has 0 aliphatic rings. The highest BCUT2D eigenvalue weighted by Gasteiger charge is 2.15. The normalized spacial score (nSPS) is 11.0. The summed E-state index contributed by atoms with van der Waals surface area (Å²) in [5.41, 5.74) is 1.59. The van der Waals surface area contributed by atoms with E-state index in [2.05, 4.69) is 33.6 Å². The maximum absolute atomic E-state index is 12.2. The molecule has 0 spiro atoms. The van der Waals surface area contributed by atoms with Crippen LogP contribution in [-0.2, 0) is 28.6 Å². The summed E-state index contributed by atoms with van der Waals surface area (Å²) in [6, 6.07) is 7.04. The zero-order valence-electron chi connectivity index (χ0n) is 38.0. The van der Waals surface area contributed by atoms with Crippen LogP contribution in [0.1, 0.15) is 160 Å². The van der Waals surface area contributed by atoms with Crippen molar-refractivity contribution in [2.45, 2.75) is 156 Å². The number of likely N-dealkylation sites (N-methyl/N-ethyl adjacent to an activating group) is 1. The van der Waals surface area contributed by atoms with Gasteiger partial charge >= 0.3 is 17.9 Å². The van der Waals surface area contributed by atoms with Crippen LogP contribution in [0.25, 0.3) is 0 Å². The molecule has 58 heavy (non-hydrogen) atoms. The first-order valence-electron chi connectivity index (χ1n) is 21.8. The minimum Gasteiger partial charge on any atom is -0.462 e. The first-order chi connectivity index (χ1) is 27.7. The quantitative estimate of drug-likeness (QED) is 0.0174. The minimum absolute atomic E-state index is 0.101. The monoisotopic (exact) mass is 815 g/mol. The van der Waals surface area contributed by atoms with Gasteiger partial charge in [-0.05, 0) is 79.1 Å². The van der Waals surface area contributed by atoms with Crippen molar-refractivity contribution in [2.24, 2.45) is 0 Å². The van der Waals surface area contributed by atoms with E-state index in [4.69, 9.17) is 18.9 Å². The Morgan fingerprint density at radius 3 is 1.48 bits per heavy atom.